The molecule has 6 nitrogen and oxygen atoms in total. The van der Waals surface area contributed by atoms with Crippen molar-refractivity contribution in [3.63, 3.8) is 0 Å². The zero-order valence-corrected chi connectivity index (χ0v) is 13.9. The van der Waals surface area contributed by atoms with E-state index in [-0.39, 0.29) is 12.3 Å². The molecule has 0 atom stereocenters. The fourth-order valence-electron chi connectivity index (χ4n) is 1.96. The summed E-state index contributed by atoms with van der Waals surface area (Å²) in [4.78, 5) is 22.8. The molecule has 0 fully saturated rings. The normalized spacial score (nSPS) is 11.1. The van der Waals surface area contributed by atoms with E-state index in [4.69, 9.17) is 14.6 Å². The molecule has 1 rings (SSSR count). The van der Waals surface area contributed by atoms with Crippen molar-refractivity contribution in [3.8, 4) is 5.75 Å². The van der Waals surface area contributed by atoms with Gasteiger partial charge in [-0.1, -0.05) is 0 Å². The predicted octanol–water partition coefficient (Wildman–Crippen LogP) is 2.48. The molecule has 0 aromatic heterocycles. The summed E-state index contributed by atoms with van der Waals surface area (Å²) in [5.74, 6) is -0.406. The molecule has 0 aliphatic heterocycles. The average molecular weight is 323 g/mol. The molecule has 2 N–H and O–H groups in total. The van der Waals surface area contributed by atoms with E-state index >= 15 is 0 Å². The summed E-state index contributed by atoms with van der Waals surface area (Å²) < 4.78 is 10.5. The van der Waals surface area contributed by atoms with Crippen LogP contribution in [0.5, 0.6) is 5.75 Å². The van der Waals surface area contributed by atoms with Gasteiger partial charge in [-0.25, -0.2) is 0 Å². The largest absolute Gasteiger partial charge is 0.494 e. The molecule has 23 heavy (non-hydrogen) atoms. The second kappa shape index (κ2) is 9.15. The number of carboxylic acid groups (broad SMARTS) is 1. The van der Waals surface area contributed by atoms with Crippen LogP contribution in [-0.2, 0) is 9.53 Å². The number of nitrogens with one attached hydrogen (secondary N) is 1. The SMILES string of the molecule is COCCCOc1ccc(C(=O)NC(C)(C)CCC(=O)O)cc1. The Morgan fingerprint density at radius 1 is 1.17 bits per heavy atom. The van der Waals surface area contributed by atoms with Crippen molar-refractivity contribution in [2.45, 2.75) is 38.6 Å². The number of carbonyl (C=O) groups is 2. The number of carbonyl (C=O) groups excluding carboxylic acids is 1. The Morgan fingerprint density at radius 3 is 2.39 bits per heavy atom. The van der Waals surface area contributed by atoms with E-state index in [1.165, 1.54) is 0 Å². The molecule has 0 radical (unpaired) electrons. The molecule has 0 saturated heterocycles. The van der Waals surface area contributed by atoms with Gasteiger partial charge < -0.3 is 19.9 Å². The number of aliphatic carboxylic acids is 1. The van der Waals surface area contributed by atoms with Crippen molar-refractivity contribution < 1.29 is 24.2 Å². The number of ether oxygens (including phenoxy) is 2. The molecule has 6 heteroatoms. The van der Waals surface area contributed by atoms with E-state index in [0.717, 1.165) is 6.42 Å². The fourth-order valence-corrected chi connectivity index (χ4v) is 1.96. The molecule has 1 aromatic carbocycles. The van der Waals surface area contributed by atoms with Gasteiger partial charge in [0.25, 0.3) is 5.91 Å². The Bertz CT molecular complexity index is 510. The van der Waals surface area contributed by atoms with Gasteiger partial charge >= 0.3 is 5.97 Å². The molecule has 0 aliphatic carbocycles. The van der Waals surface area contributed by atoms with Crippen LogP contribution in [0.3, 0.4) is 0 Å². The molecular weight excluding hydrogens is 298 g/mol. The molecule has 0 unspecified atom stereocenters. The second-order valence-electron chi connectivity index (χ2n) is 5.95. The standard InChI is InChI=1S/C17H25NO5/c1-17(2,10-9-15(19)20)18-16(21)13-5-7-14(8-6-13)23-12-4-11-22-3/h5-8H,4,9-12H2,1-3H3,(H,18,21)(H,19,20). The highest BCUT2D eigenvalue weighted by Crippen LogP contribution is 2.15. The topological polar surface area (TPSA) is 84.9 Å². The first-order chi connectivity index (χ1) is 10.8. The zero-order chi connectivity index (χ0) is 17.3. The summed E-state index contributed by atoms with van der Waals surface area (Å²) >= 11 is 0. The number of hydrogen-bond donors (Lipinski definition) is 2. The van der Waals surface area contributed by atoms with Crippen LogP contribution in [0.1, 0.15) is 43.5 Å². The summed E-state index contributed by atoms with van der Waals surface area (Å²) in [6.45, 7) is 4.82. The van der Waals surface area contributed by atoms with E-state index < -0.39 is 11.5 Å². The van der Waals surface area contributed by atoms with E-state index in [9.17, 15) is 9.59 Å². The zero-order valence-electron chi connectivity index (χ0n) is 13.9. The lowest BCUT2D eigenvalue weighted by Crippen LogP contribution is -2.43. The van der Waals surface area contributed by atoms with Crippen LogP contribution in [0, 0.1) is 0 Å². The summed E-state index contributed by atoms with van der Waals surface area (Å²) in [5, 5.41) is 11.6. The van der Waals surface area contributed by atoms with E-state index in [1.54, 1.807) is 45.2 Å². The number of amides is 1. The Balaban J connectivity index is 2.51. The first kappa shape index (κ1) is 19.0. The molecule has 0 aliphatic rings. The van der Waals surface area contributed by atoms with Crippen LogP contribution in [0.25, 0.3) is 0 Å². The number of rotatable bonds is 10. The number of carboxylic acids is 1. The minimum absolute atomic E-state index is 0.0154. The van der Waals surface area contributed by atoms with Crippen molar-refractivity contribution in [3.05, 3.63) is 29.8 Å². The van der Waals surface area contributed by atoms with E-state index in [2.05, 4.69) is 5.32 Å². The lowest BCUT2D eigenvalue weighted by molar-refractivity contribution is -0.137. The molecule has 0 bridgehead atoms. The maximum absolute atomic E-state index is 12.2. The van der Waals surface area contributed by atoms with Crippen LogP contribution < -0.4 is 10.1 Å². The first-order valence-corrected chi connectivity index (χ1v) is 7.60. The minimum Gasteiger partial charge on any atom is -0.494 e. The van der Waals surface area contributed by atoms with E-state index in [0.29, 0.717) is 30.9 Å². The highest BCUT2D eigenvalue weighted by atomic mass is 16.5. The van der Waals surface area contributed by atoms with Crippen molar-refractivity contribution in [2.24, 2.45) is 0 Å². The van der Waals surface area contributed by atoms with Crippen molar-refractivity contribution in [2.75, 3.05) is 20.3 Å². The van der Waals surface area contributed by atoms with Gasteiger partial charge in [0.05, 0.1) is 6.61 Å². The molecule has 0 spiro atoms. The third-order valence-electron chi connectivity index (χ3n) is 3.29. The molecule has 0 heterocycles. The molecule has 0 saturated carbocycles. The third-order valence-corrected chi connectivity index (χ3v) is 3.29. The lowest BCUT2D eigenvalue weighted by atomic mass is 9.98. The van der Waals surface area contributed by atoms with Crippen LogP contribution in [0.2, 0.25) is 0 Å². The summed E-state index contributed by atoms with van der Waals surface area (Å²) in [6.07, 6.45) is 1.19. The molecule has 1 amide bonds. The highest BCUT2D eigenvalue weighted by Gasteiger charge is 2.22. The Hall–Kier alpha value is -2.08. The van der Waals surface area contributed by atoms with Gasteiger partial charge in [0.2, 0.25) is 0 Å². The quantitative estimate of drug-likeness (QED) is 0.646. The smallest absolute Gasteiger partial charge is 0.303 e. The van der Waals surface area contributed by atoms with Crippen molar-refractivity contribution in [1.29, 1.82) is 0 Å². The highest BCUT2D eigenvalue weighted by molar-refractivity contribution is 5.94. The van der Waals surface area contributed by atoms with Gasteiger partial charge in [0.1, 0.15) is 5.75 Å². The Labute approximate surface area is 136 Å². The van der Waals surface area contributed by atoms with Crippen molar-refractivity contribution in [1.82, 2.24) is 5.32 Å². The predicted molar refractivity (Wildman–Crippen MR) is 86.8 cm³/mol. The molecular formula is C17H25NO5. The van der Waals surface area contributed by atoms with Gasteiger partial charge in [-0.05, 0) is 44.5 Å². The number of hydrogen-bond acceptors (Lipinski definition) is 4. The van der Waals surface area contributed by atoms with Crippen LogP contribution in [0.15, 0.2) is 24.3 Å². The minimum atomic E-state index is -0.873. The summed E-state index contributed by atoms with van der Waals surface area (Å²) in [7, 11) is 1.64. The average Bonchev–Trinajstić information content (AvgIpc) is 2.50. The van der Waals surface area contributed by atoms with Crippen molar-refractivity contribution >= 4 is 11.9 Å². The Morgan fingerprint density at radius 2 is 1.83 bits per heavy atom. The monoisotopic (exact) mass is 323 g/mol. The maximum Gasteiger partial charge on any atom is 0.303 e. The van der Waals surface area contributed by atoms with Crippen LogP contribution >= 0.6 is 0 Å². The second-order valence-corrected chi connectivity index (χ2v) is 5.95. The first-order valence-electron chi connectivity index (χ1n) is 7.60. The molecule has 1 aromatic rings. The lowest BCUT2D eigenvalue weighted by Gasteiger charge is -2.25. The maximum atomic E-state index is 12.2. The van der Waals surface area contributed by atoms with Gasteiger partial charge in [0, 0.05) is 37.7 Å². The van der Waals surface area contributed by atoms with Gasteiger partial charge in [-0.15, -0.1) is 0 Å². The molecule has 128 valence electrons. The van der Waals surface area contributed by atoms with Gasteiger partial charge in [-0.2, -0.15) is 0 Å². The third kappa shape index (κ3) is 7.65. The number of methoxy groups -OCH3 is 1. The van der Waals surface area contributed by atoms with E-state index in [1.807, 2.05) is 0 Å². The summed E-state index contributed by atoms with van der Waals surface area (Å²) in [5.41, 5.74) is -0.0669. The van der Waals surface area contributed by atoms with Gasteiger partial charge in [0.15, 0.2) is 0 Å². The van der Waals surface area contributed by atoms with Gasteiger partial charge in [-0.3, -0.25) is 9.59 Å². The van der Waals surface area contributed by atoms with Crippen LogP contribution in [-0.4, -0.2) is 42.8 Å². The summed E-state index contributed by atoms with van der Waals surface area (Å²) in [6, 6.07) is 6.86. The van der Waals surface area contributed by atoms with Crippen LogP contribution in [0.4, 0.5) is 0 Å². The Kier molecular flexibility index (Phi) is 7.54. The fraction of sp³-hybridized carbons (Fsp3) is 0.529. The number of benzene rings is 1.